The second kappa shape index (κ2) is 6.79. The summed E-state index contributed by atoms with van der Waals surface area (Å²) in [6.07, 6.45) is 2.05. The van der Waals surface area contributed by atoms with Gasteiger partial charge in [0.05, 0.1) is 22.8 Å². The van der Waals surface area contributed by atoms with Crippen molar-refractivity contribution in [2.45, 2.75) is 30.6 Å². The van der Waals surface area contributed by atoms with E-state index in [1.165, 1.54) is 18.4 Å². The molecule has 28 heavy (non-hydrogen) atoms. The Morgan fingerprint density at radius 2 is 1.93 bits per heavy atom. The normalized spacial score (nSPS) is 17.5. The van der Waals surface area contributed by atoms with Crippen LogP contribution in [0.1, 0.15) is 29.9 Å². The lowest BCUT2D eigenvalue weighted by Gasteiger charge is -2.20. The van der Waals surface area contributed by atoms with Crippen LogP contribution in [0.5, 0.6) is 0 Å². The fourth-order valence-electron chi connectivity index (χ4n) is 3.35. The maximum atomic E-state index is 12.8. The Morgan fingerprint density at radius 1 is 1.14 bits per heavy atom. The largest absolute Gasteiger partial charge is 0.464 e. The highest BCUT2D eigenvalue weighted by atomic mass is 32.2. The monoisotopic (exact) mass is 398 g/mol. The minimum atomic E-state index is -3.82. The molecule has 3 aromatic rings. The van der Waals surface area contributed by atoms with E-state index in [1.54, 1.807) is 18.2 Å². The summed E-state index contributed by atoms with van der Waals surface area (Å²) in [5, 5.41) is 2.86. The van der Waals surface area contributed by atoms with E-state index in [0.29, 0.717) is 28.6 Å². The first-order valence-corrected chi connectivity index (χ1v) is 10.3. The number of hydrogen-bond donors (Lipinski definition) is 2. The highest BCUT2D eigenvalue weighted by Gasteiger charge is 2.31. The number of carbonyl (C=O) groups is 2. The highest BCUT2D eigenvalue weighted by molar-refractivity contribution is 7.92. The molecule has 2 N–H and O–H groups in total. The van der Waals surface area contributed by atoms with Gasteiger partial charge in [-0.25, -0.2) is 8.42 Å². The van der Waals surface area contributed by atoms with Crippen LogP contribution in [0.4, 0.5) is 5.69 Å². The average molecular weight is 398 g/mol. The van der Waals surface area contributed by atoms with Gasteiger partial charge in [0.15, 0.2) is 0 Å². The van der Waals surface area contributed by atoms with Crippen molar-refractivity contribution < 1.29 is 22.4 Å². The van der Waals surface area contributed by atoms with Gasteiger partial charge >= 0.3 is 0 Å². The maximum Gasteiger partial charge on any atom is 0.261 e. The van der Waals surface area contributed by atoms with Gasteiger partial charge in [0.25, 0.3) is 10.0 Å². The summed E-state index contributed by atoms with van der Waals surface area (Å²) in [5.74, 6) is -1.26. The van der Waals surface area contributed by atoms with Gasteiger partial charge in [-0.15, -0.1) is 0 Å². The number of benzene rings is 2. The Bertz CT molecular complexity index is 1200. The van der Waals surface area contributed by atoms with Crippen LogP contribution in [-0.2, 0) is 19.6 Å². The average Bonchev–Trinajstić information content (AvgIpc) is 3.07. The molecule has 0 radical (unpaired) electrons. The third-order valence-corrected chi connectivity index (χ3v) is 6.25. The predicted molar refractivity (Wildman–Crippen MR) is 103 cm³/mol. The maximum absolute atomic E-state index is 12.8. The molecule has 1 saturated heterocycles. The molecule has 7 nitrogen and oxygen atoms in total. The molecule has 0 spiro atoms. The van der Waals surface area contributed by atoms with Crippen LogP contribution in [0.15, 0.2) is 58.0 Å². The summed E-state index contributed by atoms with van der Waals surface area (Å²) in [5.41, 5.74) is 2.36. The third-order valence-electron chi connectivity index (χ3n) is 4.89. The van der Waals surface area contributed by atoms with Crippen LogP contribution in [0.3, 0.4) is 0 Å². The number of carbonyl (C=O) groups excluding carboxylic acids is 2. The van der Waals surface area contributed by atoms with Crippen molar-refractivity contribution in [3.05, 3.63) is 59.9 Å². The van der Waals surface area contributed by atoms with Gasteiger partial charge in [-0.3, -0.25) is 19.6 Å². The number of sulfonamides is 1. The van der Waals surface area contributed by atoms with Crippen molar-refractivity contribution in [2.75, 3.05) is 4.72 Å². The van der Waals surface area contributed by atoms with Gasteiger partial charge in [-0.1, -0.05) is 18.2 Å². The lowest BCUT2D eigenvalue weighted by atomic mass is 9.90. The van der Waals surface area contributed by atoms with Gasteiger partial charge in [0.1, 0.15) is 5.58 Å². The van der Waals surface area contributed by atoms with Gasteiger partial charge in [0.2, 0.25) is 11.8 Å². The minimum absolute atomic E-state index is 0.0678. The number of amides is 2. The number of furan rings is 1. The second-order valence-corrected chi connectivity index (χ2v) is 8.46. The molecule has 2 amide bonds. The molecular formula is C20H18N2O5S. The Hall–Kier alpha value is -3.13. The number of rotatable bonds is 4. The van der Waals surface area contributed by atoms with Crippen molar-refractivity contribution in [1.82, 2.24) is 5.32 Å². The van der Waals surface area contributed by atoms with Crippen LogP contribution in [-0.4, -0.2) is 20.2 Å². The molecule has 2 aromatic carbocycles. The zero-order chi connectivity index (χ0) is 19.9. The first kappa shape index (κ1) is 18.2. The molecule has 144 valence electrons. The third kappa shape index (κ3) is 3.27. The molecule has 2 heterocycles. The van der Waals surface area contributed by atoms with Gasteiger partial charge in [0, 0.05) is 17.4 Å². The van der Waals surface area contributed by atoms with Gasteiger partial charge < -0.3 is 4.42 Å². The molecule has 1 aliphatic heterocycles. The molecule has 8 heteroatoms. The summed E-state index contributed by atoms with van der Waals surface area (Å²) >= 11 is 0. The number of hydrogen-bond acceptors (Lipinski definition) is 5. The Balaban J connectivity index is 1.72. The van der Waals surface area contributed by atoms with Gasteiger partial charge in [-0.05, 0) is 43.2 Å². The first-order valence-electron chi connectivity index (χ1n) is 8.78. The van der Waals surface area contributed by atoms with E-state index in [9.17, 15) is 18.0 Å². The first-order chi connectivity index (χ1) is 13.3. The standard InChI is InChI=1S/C20H18N2O5S/c1-12-4-2-3-5-17(12)22-28(25,26)13-6-8-18-15(10-13)16(11-27-18)14-7-9-19(23)21-20(14)24/h2-6,8,10-11,14,22H,7,9H2,1H3,(H,21,23,24). The summed E-state index contributed by atoms with van der Waals surface area (Å²) in [6.45, 7) is 1.82. The number of piperidine rings is 1. The number of aryl methyl sites for hydroxylation is 1. The van der Waals surface area contributed by atoms with Crippen LogP contribution in [0.25, 0.3) is 11.0 Å². The predicted octanol–water partition coefficient (Wildman–Crippen LogP) is 3.06. The van der Waals surface area contributed by atoms with E-state index in [2.05, 4.69) is 10.0 Å². The van der Waals surface area contributed by atoms with E-state index in [1.807, 2.05) is 19.1 Å². The molecule has 4 rings (SSSR count). The van der Waals surface area contributed by atoms with E-state index in [-0.39, 0.29) is 17.2 Å². The molecule has 0 bridgehead atoms. The fourth-order valence-corrected chi connectivity index (χ4v) is 4.50. The highest BCUT2D eigenvalue weighted by Crippen LogP contribution is 2.34. The lowest BCUT2D eigenvalue weighted by Crippen LogP contribution is -2.39. The number of para-hydroxylation sites is 1. The number of anilines is 1. The summed E-state index contributed by atoms with van der Waals surface area (Å²) < 4.78 is 33.8. The second-order valence-electron chi connectivity index (χ2n) is 6.77. The topological polar surface area (TPSA) is 105 Å². The van der Waals surface area contributed by atoms with Crippen molar-refractivity contribution in [3.63, 3.8) is 0 Å². The Labute approximate surface area is 161 Å². The van der Waals surface area contributed by atoms with Crippen molar-refractivity contribution in [2.24, 2.45) is 0 Å². The van der Waals surface area contributed by atoms with E-state index < -0.39 is 21.8 Å². The van der Waals surface area contributed by atoms with E-state index >= 15 is 0 Å². The molecule has 0 aliphatic carbocycles. The Kier molecular flexibility index (Phi) is 4.43. The quantitative estimate of drug-likeness (QED) is 0.657. The Morgan fingerprint density at radius 3 is 2.68 bits per heavy atom. The van der Waals surface area contributed by atoms with Crippen molar-refractivity contribution in [3.8, 4) is 0 Å². The fraction of sp³-hybridized carbons (Fsp3) is 0.200. The van der Waals surface area contributed by atoms with Crippen molar-refractivity contribution >= 4 is 38.5 Å². The molecule has 1 aromatic heterocycles. The van der Waals surface area contributed by atoms with E-state index in [0.717, 1.165) is 5.56 Å². The summed E-state index contributed by atoms with van der Waals surface area (Å²) in [7, 11) is -3.82. The molecule has 0 saturated carbocycles. The van der Waals surface area contributed by atoms with Gasteiger partial charge in [-0.2, -0.15) is 0 Å². The molecule has 1 aliphatic rings. The molecule has 1 atom stereocenters. The number of imide groups is 1. The van der Waals surface area contributed by atoms with Crippen LogP contribution in [0.2, 0.25) is 0 Å². The van der Waals surface area contributed by atoms with Crippen LogP contribution >= 0.6 is 0 Å². The number of fused-ring (bicyclic) bond motifs is 1. The zero-order valence-corrected chi connectivity index (χ0v) is 15.9. The van der Waals surface area contributed by atoms with Crippen LogP contribution in [0, 0.1) is 6.92 Å². The minimum Gasteiger partial charge on any atom is -0.464 e. The molecule has 1 unspecified atom stereocenters. The molecule has 1 fully saturated rings. The summed E-state index contributed by atoms with van der Waals surface area (Å²) in [6, 6.07) is 11.6. The lowest BCUT2D eigenvalue weighted by molar-refractivity contribution is -0.134. The van der Waals surface area contributed by atoms with Crippen LogP contribution < -0.4 is 10.0 Å². The summed E-state index contributed by atoms with van der Waals surface area (Å²) in [4.78, 5) is 23.7. The zero-order valence-electron chi connectivity index (χ0n) is 15.1. The molecular weight excluding hydrogens is 380 g/mol. The van der Waals surface area contributed by atoms with Crippen molar-refractivity contribution in [1.29, 1.82) is 0 Å². The number of nitrogens with one attached hydrogen (secondary N) is 2. The smallest absolute Gasteiger partial charge is 0.261 e. The SMILES string of the molecule is Cc1ccccc1NS(=O)(=O)c1ccc2occ(C3CCC(=O)NC3=O)c2c1. The van der Waals surface area contributed by atoms with E-state index in [4.69, 9.17) is 4.42 Å².